The summed E-state index contributed by atoms with van der Waals surface area (Å²) in [5.74, 6) is -4.63. The van der Waals surface area contributed by atoms with Crippen LogP contribution in [0.4, 0.5) is 10.1 Å². The van der Waals surface area contributed by atoms with Crippen LogP contribution >= 0.6 is 35.0 Å². The lowest BCUT2D eigenvalue weighted by atomic mass is 9.90. The van der Waals surface area contributed by atoms with Crippen molar-refractivity contribution in [2.75, 3.05) is 36.5 Å². The number of anilines is 1. The Morgan fingerprint density at radius 2 is 1.78 bits per heavy atom. The highest BCUT2D eigenvalue weighted by Gasteiger charge is 2.33. The van der Waals surface area contributed by atoms with Crippen molar-refractivity contribution in [3.63, 3.8) is 0 Å². The normalized spacial score (nSPS) is 13.3. The van der Waals surface area contributed by atoms with Gasteiger partial charge in [-0.25, -0.2) is 14.1 Å². The highest BCUT2D eigenvalue weighted by atomic mass is 35.5. The molecule has 0 atom stereocenters. The molecule has 0 spiro atoms. The first-order valence-corrected chi connectivity index (χ1v) is 13.8. The van der Waals surface area contributed by atoms with E-state index < -0.39 is 35.5 Å². The lowest BCUT2D eigenvalue weighted by Crippen LogP contribution is -2.40. The minimum atomic E-state index is -0.941. The maximum Gasteiger partial charge on any atom is 0.336 e. The Balaban J connectivity index is 2.39. The van der Waals surface area contributed by atoms with Gasteiger partial charge in [-0.15, -0.1) is 23.4 Å². The minimum Gasteiger partial charge on any atom is -0.465 e. The van der Waals surface area contributed by atoms with Gasteiger partial charge in [0.05, 0.1) is 23.1 Å². The number of hydrogen-bond acceptors (Lipinski definition) is 8. The highest BCUT2D eigenvalue weighted by molar-refractivity contribution is 8.00. The van der Waals surface area contributed by atoms with E-state index in [9.17, 15) is 19.2 Å². The maximum atomic E-state index is 15.1. The number of rotatable bonds is 13. The van der Waals surface area contributed by atoms with E-state index in [4.69, 9.17) is 37.4 Å². The quantitative estimate of drug-likeness (QED) is 0.101. The largest absolute Gasteiger partial charge is 0.465 e. The molecule has 0 saturated carbocycles. The van der Waals surface area contributed by atoms with Crippen molar-refractivity contribution in [1.29, 1.82) is 0 Å². The van der Waals surface area contributed by atoms with Gasteiger partial charge >= 0.3 is 11.9 Å². The Morgan fingerprint density at radius 1 is 1.08 bits per heavy atom. The van der Waals surface area contributed by atoms with Crippen LogP contribution in [0.25, 0.3) is 0 Å². The third-order valence-electron chi connectivity index (χ3n) is 5.37. The Bertz CT molecular complexity index is 1030. The second-order valence-electron chi connectivity index (χ2n) is 7.97. The molecule has 0 aromatic heterocycles. The average molecular weight is 578 g/mol. The van der Waals surface area contributed by atoms with Gasteiger partial charge in [0.2, 0.25) is 5.91 Å². The van der Waals surface area contributed by atoms with Crippen molar-refractivity contribution in [2.45, 2.75) is 57.3 Å². The lowest BCUT2D eigenvalue weighted by Gasteiger charge is -2.26. The Morgan fingerprint density at radius 3 is 2.43 bits per heavy atom. The molecule has 8 nitrogen and oxygen atoms in total. The third-order valence-corrected chi connectivity index (χ3v) is 7.05. The van der Waals surface area contributed by atoms with Gasteiger partial charge in [-0.1, -0.05) is 24.9 Å². The van der Waals surface area contributed by atoms with Crippen molar-refractivity contribution in [1.82, 2.24) is 0 Å². The molecule has 2 amide bonds. The zero-order valence-corrected chi connectivity index (χ0v) is 23.1. The molecule has 0 unspecified atom stereocenters. The third kappa shape index (κ3) is 8.98. The SMILES string of the molecule is CCCCOC(=O)CSc1cc(N(C(=O)CCl)C(=O)C2=C(C(=O)OCOCC)CCCC2)c(F)cc1Cl. The maximum absolute atomic E-state index is 15.1. The molecule has 1 aliphatic carbocycles. The fourth-order valence-electron chi connectivity index (χ4n) is 3.49. The summed E-state index contributed by atoms with van der Waals surface area (Å²) in [5, 5.41) is -0.00426. The topological polar surface area (TPSA) is 99.2 Å². The number of carbonyl (C=O) groups is 4. The van der Waals surface area contributed by atoms with Crippen molar-refractivity contribution in [2.24, 2.45) is 0 Å². The van der Waals surface area contributed by atoms with Gasteiger partial charge in [0.1, 0.15) is 11.7 Å². The van der Waals surface area contributed by atoms with Gasteiger partial charge in [0.25, 0.3) is 5.91 Å². The van der Waals surface area contributed by atoms with E-state index in [2.05, 4.69) is 0 Å². The number of benzene rings is 1. The van der Waals surface area contributed by atoms with Crippen LogP contribution in [0.5, 0.6) is 0 Å². The van der Waals surface area contributed by atoms with E-state index in [-0.39, 0.29) is 58.7 Å². The molecule has 37 heavy (non-hydrogen) atoms. The molecule has 2 rings (SSSR count). The van der Waals surface area contributed by atoms with Crippen molar-refractivity contribution < 1.29 is 37.8 Å². The molecule has 0 fully saturated rings. The van der Waals surface area contributed by atoms with E-state index >= 15 is 4.39 Å². The number of amides is 2. The van der Waals surface area contributed by atoms with Gasteiger partial charge in [-0.3, -0.25) is 14.4 Å². The second-order valence-corrected chi connectivity index (χ2v) is 9.66. The molecule has 1 aliphatic rings. The number of hydrogen-bond donors (Lipinski definition) is 0. The fraction of sp³-hybridized carbons (Fsp3) is 0.520. The van der Waals surface area contributed by atoms with Gasteiger partial charge in [0.15, 0.2) is 6.79 Å². The first-order chi connectivity index (χ1) is 17.7. The summed E-state index contributed by atoms with van der Waals surface area (Å²) in [6.07, 6.45) is 3.30. The van der Waals surface area contributed by atoms with Crippen LogP contribution < -0.4 is 4.90 Å². The van der Waals surface area contributed by atoms with Crippen molar-refractivity contribution >= 4 is 64.4 Å². The molecule has 0 aliphatic heterocycles. The molecule has 0 radical (unpaired) electrons. The number of nitrogens with zero attached hydrogens (tertiary/aromatic N) is 1. The Hall–Kier alpha value is -2.14. The van der Waals surface area contributed by atoms with Gasteiger partial charge in [-0.05, 0) is 51.2 Å². The van der Waals surface area contributed by atoms with E-state index in [0.29, 0.717) is 24.3 Å². The number of esters is 2. The number of halogens is 3. The second kappa shape index (κ2) is 16.0. The first-order valence-electron chi connectivity index (χ1n) is 11.9. The summed E-state index contributed by atoms with van der Waals surface area (Å²) in [5.41, 5.74) is -0.224. The van der Waals surface area contributed by atoms with Crippen LogP contribution in [0.15, 0.2) is 28.2 Å². The van der Waals surface area contributed by atoms with Crippen LogP contribution in [0.3, 0.4) is 0 Å². The van der Waals surface area contributed by atoms with E-state index in [1.165, 1.54) is 6.07 Å². The molecular weight excluding hydrogens is 548 g/mol. The zero-order valence-electron chi connectivity index (χ0n) is 20.8. The summed E-state index contributed by atoms with van der Waals surface area (Å²) in [4.78, 5) is 51.8. The van der Waals surface area contributed by atoms with Crippen LogP contribution in [-0.4, -0.2) is 55.4 Å². The standard InChI is InChI=1S/C25H30Cl2FNO7S/c1-3-5-10-35-23(31)14-37-21-12-20(19(28)11-18(21)27)29(22(30)13-26)24(32)16-8-6-7-9-17(16)25(33)36-15-34-4-2/h11-12H,3-10,13-15H2,1-2H3. The predicted octanol–water partition coefficient (Wildman–Crippen LogP) is 5.42. The van der Waals surface area contributed by atoms with Crippen LogP contribution in [0, 0.1) is 5.82 Å². The van der Waals surface area contributed by atoms with Crippen LogP contribution in [-0.2, 0) is 33.4 Å². The van der Waals surface area contributed by atoms with Crippen molar-refractivity contribution in [3.05, 3.63) is 34.1 Å². The summed E-state index contributed by atoms with van der Waals surface area (Å²) in [7, 11) is 0. The van der Waals surface area contributed by atoms with E-state index in [1.807, 2.05) is 6.92 Å². The number of alkyl halides is 1. The predicted molar refractivity (Wildman–Crippen MR) is 139 cm³/mol. The number of imide groups is 1. The number of carbonyl (C=O) groups excluding carboxylic acids is 4. The first kappa shape index (κ1) is 31.1. The minimum absolute atomic E-state index is 0.00426. The summed E-state index contributed by atoms with van der Waals surface area (Å²) >= 11 is 12.9. The molecule has 1 aromatic rings. The number of unbranched alkanes of at least 4 members (excludes halogenated alkanes) is 1. The van der Waals surface area contributed by atoms with Gasteiger partial charge in [-0.2, -0.15) is 0 Å². The molecule has 204 valence electrons. The lowest BCUT2D eigenvalue weighted by molar-refractivity contribution is -0.151. The smallest absolute Gasteiger partial charge is 0.336 e. The van der Waals surface area contributed by atoms with Crippen LogP contribution in [0.1, 0.15) is 52.4 Å². The fourth-order valence-corrected chi connectivity index (χ4v) is 4.68. The summed E-state index contributed by atoms with van der Waals surface area (Å²) in [6.45, 7) is 4.05. The van der Waals surface area contributed by atoms with E-state index in [0.717, 1.165) is 30.7 Å². The number of ether oxygens (including phenoxy) is 3. The highest BCUT2D eigenvalue weighted by Crippen LogP contribution is 2.36. The summed E-state index contributed by atoms with van der Waals surface area (Å²) in [6, 6.07) is 2.16. The molecule has 0 saturated heterocycles. The molecule has 12 heteroatoms. The summed E-state index contributed by atoms with van der Waals surface area (Å²) < 4.78 is 30.3. The number of thioether (sulfide) groups is 1. The molecule has 1 aromatic carbocycles. The molecular formula is C25H30Cl2FNO7S. The van der Waals surface area contributed by atoms with Crippen molar-refractivity contribution in [3.8, 4) is 0 Å². The van der Waals surface area contributed by atoms with Crippen LogP contribution in [0.2, 0.25) is 5.02 Å². The van der Waals surface area contributed by atoms with Gasteiger partial charge in [0, 0.05) is 22.6 Å². The monoisotopic (exact) mass is 577 g/mol. The molecule has 0 heterocycles. The Kier molecular flexibility index (Phi) is 13.4. The molecule has 0 N–H and O–H groups in total. The molecule has 0 bridgehead atoms. The Labute approximate surface area is 229 Å². The zero-order chi connectivity index (χ0) is 27.4. The van der Waals surface area contributed by atoms with Gasteiger partial charge < -0.3 is 14.2 Å². The average Bonchev–Trinajstić information content (AvgIpc) is 2.89. The van der Waals surface area contributed by atoms with E-state index in [1.54, 1.807) is 6.92 Å².